The number of nitrogens with zero attached hydrogens (tertiary/aromatic N) is 1. The first kappa shape index (κ1) is 22.4. The number of carbonyl (C=O) groups excluding carboxylic acids is 1. The molecule has 0 spiro atoms. The molecule has 1 N–H and O–H groups in total. The molecule has 0 unspecified atom stereocenters. The molecule has 0 aliphatic rings. The molecule has 3 aromatic rings. The van der Waals surface area contributed by atoms with Crippen molar-refractivity contribution in [2.75, 3.05) is 7.11 Å². The number of nitriles is 1. The molecular weight excluding hydrogens is 503 g/mol. The minimum atomic E-state index is -0.439. The maximum absolute atomic E-state index is 12.5. The van der Waals surface area contributed by atoms with Crippen LogP contribution in [0.5, 0.6) is 11.5 Å². The zero-order chi connectivity index (χ0) is 22.1. The molecule has 3 aromatic carbocycles. The van der Waals surface area contributed by atoms with Gasteiger partial charge in [-0.2, -0.15) is 5.26 Å². The number of amides is 1. The molecule has 0 saturated carbocycles. The van der Waals surface area contributed by atoms with Crippen molar-refractivity contribution in [3.8, 4) is 17.6 Å². The molecule has 0 atom stereocenters. The molecule has 3 rings (SSSR count). The Morgan fingerprint density at radius 2 is 1.71 bits per heavy atom. The molecule has 0 aliphatic heterocycles. The van der Waals surface area contributed by atoms with E-state index in [0.29, 0.717) is 24.5 Å². The van der Waals surface area contributed by atoms with Gasteiger partial charge in [0, 0.05) is 15.7 Å². The van der Waals surface area contributed by atoms with Crippen molar-refractivity contribution in [2.24, 2.45) is 0 Å². The van der Waals surface area contributed by atoms with Crippen molar-refractivity contribution < 1.29 is 14.3 Å². The van der Waals surface area contributed by atoms with E-state index in [-0.39, 0.29) is 5.57 Å². The Morgan fingerprint density at radius 3 is 2.39 bits per heavy atom. The molecule has 0 bridgehead atoms. The highest BCUT2D eigenvalue weighted by Crippen LogP contribution is 2.22. The average molecular weight is 524 g/mol. The van der Waals surface area contributed by atoms with Gasteiger partial charge in [0.25, 0.3) is 5.91 Å². The number of methoxy groups -OCH3 is 1. The Labute approximate surface area is 195 Å². The highest BCUT2D eigenvalue weighted by atomic mass is 127. The molecular formula is C25H21IN2O3. The van der Waals surface area contributed by atoms with Gasteiger partial charge in [-0.25, -0.2) is 0 Å². The lowest BCUT2D eigenvalue weighted by Gasteiger charge is -2.10. The number of para-hydroxylation sites is 1. The van der Waals surface area contributed by atoms with Gasteiger partial charge in [0.15, 0.2) is 0 Å². The Kier molecular flexibility index (Phi) is 8.07. The van der Waals surface area contributed by atoms with Crippen LogP contribution in [0.2, 0.25) is 0 Å². The summed E-state index contributed by atoms with van der Waals surface area (Å²) in [5.74, 6) is 0.914. The zero-order valence-corrected chi connectivity index (χ0v) is 19.1. The summed E-state index contributed by atoms with van der Waals surface area (Å²) >= 11 is 2.26. The van der Waals surface area contributed by atoms with Crippen LogP contribution in [-0.4, -0.2) is 13.0 Å². The maximum atomic E-state index is 12.5. The quantitative estimate of drug-likeness (QED) is 0.253. The van der Waals surface area contributed by atoms with Crippen LogP contribution in [0.15, 0.2) is 78.4 Å². The minimum Gasteiger partial charge on any atom is -0.497 e. The van der Waals surface area contributed by atoms with Crippen LogP contribution < -0.4 is 14.8 Å². The van der Waals surface area contributed by atoms with E-state index in [0.717, 1.165) is 20.4 Å². The lowest BCUT2D eigenvalue weighted by atomic mass is 10.1. The lowest BCUT2D eigenvalue weighted by Crippen LogP contribution is -2.23. The van der Waals surface area contributed by atoms with Gasteiger partial charge >= 0.3 is 0 Å². The first-order chi connectivity index (χ1) is 15.1. The van der Waals surface area contributed by atoms with Crippen LogP contribution in [0.4, 0.5) is 0 Å². The third-order valence-electron chi connectivity index (χ3n) is 4.50. The molecule has 5 nitrogen and oxygen atoms in total. The summed E-state index contributed by atoms with van der Waals surface area (Å²) in [5, 5.41) is 12.3. The van der Waals surface area contributed by atoms with Crippen LogP contribution in [0.25, 0.3) is 6.08 Å². The number of hydrogen-bond acceptors (Lipinski definition) is 4. The van der Waals surface area contributed by atoms with Crippen molar-refractivity contribution in [2.45, 2.75) is 13.2 Å². The summed E-state index contributed by atoms with van der Waals surface area (Å²) in [7, 11) is 1.60. The predicted molar refractivity (Wildman–Crippen MR) is 128 cm³/mol. The van der Waals surface area contributed by atoms with Crippen LogP contribution in [0.1, 0.15) is 16.7 Å². The number of ether oxygens (including phenoxy) is 2. The molecule has 0 aromatic heterocycles. The smallest absolute Gasteiger partial charge is 0.262 e. The number of benzene rings is 3. The number of carbonyl (C=O) groups is 1. The average Bonchev–Trinajstić information content (AvgIpc) is 2.81. The first-order valence-electron chi connectivity index (χ1n) is 9.58. The molecule has 0 radical (unpaired) electrons. The van der Waals surface area contributed by atoms with Gasteiger partial charge in [0.05, 0.1) is 7.11 Å². The number of halogens is 1. The normalized spacial score (nSPS) is 10.8. The zero-order valence-electron chi connectivity index (χ0n) is 17.0. The van der Waals surface area contributed by atoms with E-state index in [2.05, 4.69) is 27.9 Å². The van der Waals surface area contributed by atoms with E-state index in [1.807, 2.05) is 78.9 Å². The standard InChI is InChI=1S/C25H21IN2O3/c1-30-23-12-8-18(9-13-23)16-28-25(29)21(15-27)14-20-4-2-3-5-24(20)31-17-19-6-10-22(26)11-7-19/h2-14H,16-17H2,1H3,(H,28,29)/b21-14-. The van der Waals surface area contributed by atoms with E-state index < -0.39 is 5.91 Å². The summed E-state index contributed by atoms with van der Waals surface area (Å²) in [5.41, 5.74) is 2.63. The summed E-state index contributed by atoms with van der Waals surface area (Å²) < 4.78 is 12.2. The summed E-state index contributed by atoms with van der Waals surface area (Å²) in [6.07, 6.45) is 1.55. The van der Waals surface area contributed by atoms with Crippen LogP contribution in [0.3, 0.4) is 0 Å². The number of rotatable bonds is 8. The molecule has 0 fully saturated rings. The highest BCUT2D eigenvalue weighted by molar-refractivity contribution is 14.1. The van der Waals surface area contributed by atoms with Crippen LogP contribution in [-0.2, 0) is 17.9 Å². The van der Waals surface area contributed by atoms with Gasteiger partial charge in [-0.15, -0.1) is 0 Å². The molecule has 156 valence electrons. The van der Waals surface area contributed by atoms with Gasteiger partial charge in [-0.3, -0.25) is 4.79 Å². The van der Waals surface area contributed by atoms with E-state index in [9.17, 15) is 10.1 Å². The molecule has 1 amide bonds. The predicted octanol–water partition coefficient (Wildman–Crippen LogP) is 5.10. The Hall–Kier alpha value is -3.31. The Bertz CT molecular complexity index is 1100. The number of hydrogen-bond donors (Lipinski definition) is 1. The minimum absolute atomic E-state index is 0.0128. The van der Waals surface area contributed by atoms with Gasteiger partial charge in [0.1, 0.15) is 29.7 Å². The third kappa shape index (κ3) is 6.59. The van der Waals surface area contributed by atoms with Gasteiger partial charge in [0.2, 0.25) is 0 Å². The monoisotopic (exact) mass is 524 g/mol. The summed E-state index contributed by atoms with van der Waals surface area (Å²) in [4.78, 5) is 12.5. The molecule has 6 heteroatoms. The molecule has 31 heavy (non-hydrogen) atoms. The van der Waals surface area contributed by atoms with Crippen molar-refractivity contribution >= 4 is 34.6 Å². The van der Waals surface area contributed by atoms with Crippen molar-refractivity contribution in [3.05, 3.63) is 98.6 Å². The van der Waals surface area contributed by atoms with Crippen molar-refractivity contribution in [1.29, 1.82) is 5.26 Å². The van der Waals surface area contributed by atoms with E-state index in [1.165, 1.54) is 0 Å². The fourth-order valence-electron chi connectivity index (χ4n) is 2.80. The Balaban J connectivity index is 1.68. The second-order valence-corrected chi connectivity index (χ2v) is 7.90. The fraction of sp³-hybridized carbons (Fsp3) is 0.120. The summed E-state index contributed by atoms with van der Waals surface area (Å²) in [6.45, 7) is 0.708. The molecule has 0 aliphatic carbocycles. The van der Waals surface area contributed by atoms with Crippen molar-refractivity contribution in [1.82, 2.24) is 5.32 Å². The number of nitrogens with one attached hydrogen (secondary N) is 1. The van der Waals surface area contributed by atoms with E-state index in [1.54, 1.807) is 13.2 Å². The topological polar surface area (TPSA) is 71.3 Å². The molecule has 0 saturated heterocycles. The van der Waals surface area contributed by atoms with Gasteiger partial charge < -0.3 is 14.8 Å². The van der Waals surface area contributed by atoms with E-state index in [4.69, 9.17) is 9.47 Å². The van der Waals surface area contributed by atoms with Crippen LogP contribution in [0, 0.1) is 14.9 Å². The van der Waals surface area contributed by atoms with E-state index >= 15 is 0 Å². The fourth-order valence-corrected chi connectivity index (χ4v) is 3.16. The largest absolute Gasteiger partial charge is 0.497 e. The maximum Gasteiger partial charge on any atom is 0.262 e. The van der Waals surface area contributed by atoms with Gasteiger partial charge in [-0.05, 0) is 70.1 Å². The highest BCUT2D eigenvalue weighted by Gasteiger charge is 2.11. The van der Waals surface area contributed by atoms with Crippen LogP contribution >= 0.6 is 22.6 Å². The lowest BCUT2D eigenvalue weighted by molar-refractivity contribution is -0.117. The second kappa shape index (κ2) is 11.2. The first-order valence-corrected chi connectivity index (χ1v) is 10.7. The van der Waals surface area contributed by atoms with Crippen molar-refractivity contribution in [3.63, 3.8) is 0 Å². The Morgan fingerprint density at radius 1 is 1.03 bits per heavy atom. The summed E-state index contributed by atoms with van der Waals surface area (Å²) in [6, 6.07) is 24.8. The van der Waals surface area contributed by atoms with Gasteiger partial charge in [-0.1, -0.05) is 42.5 Å². The SMILES string of the molecule is COc1ccc(CNC(=O)/C(C#N)=C\c2ccccc2OCc2ccc(I)cc2)cc1. The third-order valence-corrected chi connectivity index (χ3v) is 5.22. The second-order valence-electron chi connectivity index (χ2n) is 6.65. The molecule has 0 heterocycles.